The Balaban J connectivity index is 4.12. The Bertz CT molecular complexity index is 890. The summed E-state index contributed by atoms with van der Waals surface area (Å²) in [4.78, 5) is 36.2. The number of hydrogen-bond acceptors (Lipinski definition) is 6. The molecule has 8 heteroatoms. The van der Waals surface area contributed by atoms with Crippen LogP contribution in [0.5, 0.6) is 0 Å². The van der Waals surface area contributed by atoms with E-state index in [4.69, 9.17) is 4.74 Å². The van der Waals surface area contributed by atoms with Gasteiger partial charge in [-0.3, -0.25) is 14.4 Å². The number of ether oxygens (including phenoxy) is 1. The van der Waals surface area contributed by atoms with Crippen molar-refractivity contribution in [2.45, 2.75) is 91.6 Å². The Morgan fingerprint density at radius 1 is 0.854 bits per heavy atom. The largest absolute Gasteiger partial charge is 0.465 e. The van der Waals surface area contributed by atoms with Crippen LogP contribution in [0.1, 0.15) is 85.5 Å². The molecule has 0 aliphatic rings. The highest BCUT2D eigenvalue weighted by molar-refractivity contribution is 7.98. The zero-order chi connectivity index (χ0) is 30.8. The number of carbonyl (C=O) groups is 3. The van der Waals surface area contributed by atoms with E-state index in [2.05, 4.69) is 79.2 Å². The smallest absolute Gasteiger partial charge is 0.305 e. The zero-order valence-corrected chi connectivity index (χ0v) is 26.8. The highest BCUT2D eigenvalue weighted by Crippen LogP contribution is 2.22. The Kier molecular flexibility index (Phi) is 23.6. The van der Waals surface area contributed by atoms with Crippen LogP contribution in [0, 0.1) is 5.41 Å². The van der Waals surface area contributed by atoms with Gasteiger partial charge in [-0.05, 0) is 58.1 Å². The molecule has 0 aromatic rings. The lowest BCUT2D eigenvalue weighted by atomic mass is 9.87. The van der Waals surface area contributed by atoms with E-state index in [-0.39, 0.29) is 37.9 Å². The third-order valence-electron chi connectivity index (χ3n) is 6.15. The number of carbonyl (C=O) groups excluding carboxylic acids is 3. The SMILES string of the molecule is CCC=CCC=CCC=CCC=CCC=C(C)CCCC(=O)OCC(C)(C)C(O)C(=O)NCCC(=O)NCCSC. The highest BCUT2D eigenvalue weighted by Gasteiger charge is 2.34. The van der Waals surface area contributed by atoms with Crippen LogP contribution in [-0.2, 0) is 19.1 Å². The fourth-order valence-corrected chi connectivity index (χ4v) is 3.81. The molecule has 0 rings (SSSR count). The Morgan fingerprint density at radius 3 is 2.02 bits per heavy atom. The van der Waals surface area contributed by atoms with Gasteiger partial charge in [-0.2, -0.15) is 11.8 Å². The third-order valence-corrected chi connectivity index (χ3v) is 6.76. The van der Waals surface area contributed by atoms with E-state index >= 15 is 0 Å². The monoisotopic (exact) mass is 590 g/mol. The van der Waals surface area contributed by atoms with E-state index in [9.17, 15) is 19.5 Å². The lowest BCUT2D eigenvalue weighted by Gasteiger charge is -2.29. The summed E-state index contributed by atoms with van der Waals surface area (Å²) >= 11 is 1.64. The maximum atomic E-state index is 12.3. The zero-order valence-electron chi connectivity index (χ0n) is 26.0. The van der Waals surface area contributed by atoms with Crippen molar-refractivity contribution in [1.29, 1.82) is 0 Å². The van der Waals surface area contributed by atoms with E-state index < -0.39 is 17.4 Å². The van der Waals surface area contributed by atoms with Gasteiger partial charge < -0.3 is 20.5 Å². The van der Waals surface area contributed by atoms with Crippen molar-refractivity contribution in [3.63, 3.8) is 0 Å². The first-order valence-electron chi connectivity index (χ1n) is 14.8. The number of nitrogens with one attached hydrogen (secondary N) is 2. The molecule has 0 aromatic heterocycles. The number of aliphatic hydroxyl groups is 1. The number of thioether (sulfide) groups is 1. The highest BCUT2D eigenvalue weighted by atomic mass is 32.2. The molecular formula is C33H54N2O5S. The van der Waals surface area contributed by atoms with Crippen LogP contribution in [0.2, 0.25) is 0 Å². The van der Waals surface area contributed by atoms with Gasteiger partial charge in [0.2, 0.25) is 11.8 Å². The maximum absolute atomic E-state index is 12.3. The second kappa shape index (κ2) is 25.2. The number of aliphatic hydroxyl groups excluding tert-OH is 1. The summed E-state index contributed by atoms with van der Waals surface area (Å²) in [6, 6.07) is 0. The van der Waals surface area contributed by atoms with Gasteiger partial charge in [-0.15, -0.1) is 0 Å². The van der Waals surface area contributed by atoms with Crippen molar-refractivity contribution < 1.29 is 24.2 Å². The first kappa shape index (κ1) is 38.4. The predicted molar refractivity (Wildman–Crippen MR) is 173 cm³/mol. The molecule has 0 radical (unpaired) electrons. The van der Waals surface area contributed by atoms with Crippen molar-refractivity contribution in [2.24, 2.45) is 5.41 Å². The van der Waals surface area contributed by atoms with Crippen molar-refractivity contribution in [3.05, 3.63) is 60.3 Å². The fourth-order valence-electron chi connectivity index (χ4n) is 3.51. The standard InChI is InChI=1S/C33H54N2O5S/c1-6-7-8-9-10-11-12-13-14-15-16-17-18-20-28(2)21-19-22-30(37)40-27-33(3,4)31(38)32(39)35-24-23-29(36)34-25-26-41-5/h7-8,10-11,13-14,16-17,20,31,38H,6,9,12,15,18-19,21-27H2,1-5H3,(H,34,36)(H,35,39). The summed E-state index contributed by atoms with van der Waals surface area (Å²) < 4.78 is 5.35. The van der Waals surface area contributed by atoms with Crippen LogP contribution in [0.4, 0.5) is 0 Å². The fraction of sp³-hybridized carbons (Fsp3) is 0.606. The topological polar surface area (TPSA) is 105 Å². The summed E-state index contributed by atoms with van der Waals surface area (Å²) in [6.07, 6.45) is 26.9. The molecule has 0 fully saturated rings. The van der Waals surface area contributed by atoms with Crippen molar-refractivity contribution in [3.8, 4) is 0 Å². The molecule has 1 unspecified atom stereocenters. The number of amides is 2. The van der Waals surface area contributed by atoms with Crippen LogP contribution in [0.25, 0.3) is 0 Å². The van der Waals surface area contributed by atoms with Crippen molar-refractivity contribution >= 4 is 29.5 Å². The van der Waals surface area contributed by atoms with Gasteiger partial charge in [0.15, 0.2) is 0 Å². The quantitative estimate of drug-likeness (QED) is 0.0742. The van der Waals surface area contributed by atoms with E-state index in [1.165, 1.54) is 5.57 Å². The van der Waals surface area contributed by atoms with Crippen LogP contribution in [0.3, 0.4) is 0 Å². The average molecular weight is 591 g/mol. The molecule has 41 heavy (non-hydrogen) atoms. The molecule has 0 saturated carbocycles. The average Bonchev–Trinajstić information content (AvgIpc) is 2.94. The number of esters is 1. The second-order valence-corrected chi connectivity index (χ2v) is 11.6. The Morgan fingerprint density at radius 2 is 1.44 bits per heavy atom. The molecule has 7 nitrogen and oxygen atoms in total. The molecule has 1 atom stereocenters. The number of allylic oxidation sites excluding steroid dienone is 10. The molecule has 0 aliphatic carbocycles. The van der Waals surface area contributed by atoms with E-state index in [1.807, 2.05) is 6.26 Å². The summed E-state index contributed by atoms with van der Waals surface area (Å²) in [5, 5.41) is 15.8. The van der Waals surface area contributed by atoms with Gasteiger partial charge in [0.25, 0.3) is 0 Å². The molecule has 2 amide bonds. The number of hydrogen-bond donors (Lipinski definition) is 3. The van der Waals surface area contributed by atoms with Gasteiger partial charge in [0, 0.05) is 37.1 Å². The third kappa shape index (κ3) is 22.8. The van der Waals surface area contributed by atoms with Crippen LogP contribution < -0.4 is 10.6 Å². The first-order chi connectivity index (χ1) is 19.6. The Hall–Kier alpha value is -2.58. The minimum atomic E-state index is -1.36. The molecular weight excluding hydrogens is 536 g/mol. The molecule has 0 saturated heterocycles. The van der Waals surface area contributed by atoms with Crippen LogP contribution in [-0.4, -0.2) is 60.7 Å². The predicted octanol–water partition coefficient (Wildman–Crippen LogP) is 6.21. The first-order valence-corrected chi connectivity index (χ1v) is 16.2. The van der Waals surface area contributed by atoms with E-state index in [1.54, 1.807) is 25.6 Å². The maximum Gasteiger partial charge on any atom is 0.305 e. The summed E-state index contributed by atoms with van der Waals surface area (Å²) in [5.41, 5.74) is 0.269. The van der Waals surface area contributed by atoms with Crippen LogP contribution >= 0.6 is 11.8 Å². The minimum absolute atomic E-state index is 0.0732. The van der Waals surface area contributed by atoms with Gasteiger partial charge in [-0.1, -0.05) is 81.0 Å². The lowest BCUT2D eigenvalue weighted by Crippen LogP contribution is -2.47. The van der Waals surface area contributed by atoms with E-state index in [0.29, 0.717) is 13.0 Å². The molecule has 232 valence electrons. The number of rotatable bonds is 23. The van der Waals surface area contributed by atoms with Gasteiger partial charge >= 0.3 is 5.97 Å². The van der Waals surface area contributed by atoms with Crippen molar-refractivity contribution in [1.82, 2.24) is 10.6 Å². The van der Waals surface area contributed by atoms with Crippen LogP contribution in [0.15, 0.2) is 60.3 Å². The van der Waals surface area contributed by atoms with E-state index in [0.717, 1.165) is 44.3 Å². The second-order valence-electron chi connectivity index (χ2n) is 10.6. The molecule has 0 heterocycles. The molecule has 3 N–H and O–H groups in total. The normalized spacial score (nSPS) is 13.5. The van der Waals surface area contributed by atoms with Gasteiger partial charge in [0.1, 0.15) is 6.10 Å². The summed E-state index contributed by atoms with van der Waals surface area (Å²) in [7, 11) is 0. The molecule has 0 aromatic carbocycles. The minimum Gasteiger partial charge on any atom is -0.465 e. The lowest BCUT2D eigenvalue weighted by molar-refractivity contribution is -0.153. The Labute approximate surface area is 253 Å². The van der Waals surface area contributed by atoms with Gasteiger partial charge in [0.05, 0.1) is 6.61 Å². The van der Waals surface area contributed by atoms with Crippen molar-refractivity contribution in [2.75, 3.05) is 31.7 Å². The molecule has 0 bridgehead atoms. The van der Waals surface area contributed by atoms with Gasteiger partial charge in [-0.25, -0.2) is 0 Å². The molecule has 0 aliphatic heterocycles. The summed E-state index contributed by atoms with van der Waals surface area (Å²) in [5.74, 6) is -0.259. The molecule has 0 spiro atoms. The summed E-state index contributed by atoms with van der Waals surface area (Å²) in [6.45, 7) is 8.17.